The molecule has 0 atom stereocenters. The Bertz CT molecular complexity index is 1420. The molecule has 0 fully saturated rings. The van der Waals surface area contributed by atoms with Crippen molar-refractivity contribution >= 4 is 28.7 Å². The highest BCUT2D eigenvalue weighted by molar-refractivity contribution is 6.32. The molecule has 0 unspecified atom stereocenters. The van der Waals surface area contributed by atoms with Gasteiger partial charge in [-0.3, -0.25) is 0 Å². The molecule has 2 aromatic carbocycles. The van der Waals surface area contributed by atoms with Gasteiger partial charge in [-0.25, -0.2) is 0 Å². The normalized spacial score (nSPS) is 21.4. The number of fused-ring (bicyclic) bond motifs is 2. The monoisotopic (exact) mass is 558 g/mol. The number of aliphatic hydroxyl groups excluding tert-OH is 2. The van der Waals surface area contributed by atoms with E-state index in [0.29, 0.717) is 13.1 Å². The van der Waals surface area contributed by atoms with Gasteiger partial charge in [0.25, 0.3) is 0 Å². The third-order valence-corrected chi connectivity index (χ3v) is 9.07. The molecular weight excluding hydrogens is 516 g/mol. The Morgan fingerprint density at radius 2 is 1.57 bits per heavy atom. The van der Waals surface area contributed by atoms with E-state index in [1.807, 2.05) is 0 Å². The van der Waals surface area contributed by atoms with Crippen LogP contribution in [0, 0.1) is 7.43 Å². The predicted molar refractivity (Wildman–Crippen MR) is 169 cm³/mol. The van der Waals surface area contributed by atoms with Gasteiger partial charge in [0.1, 0.15) is 6.61 Å². The summed E-state index contributed by atoms with van der Waals surface area (Å²) in [5, 5.41) is 20.4. The predicted octanol–water partition coefficient (Wildman–Crippen LogP) is 7.34. The first-order valence-corrected chi connectivity index (χ1v) is 14.4. The molecule has 0 spiro atoms. The van der Waals surface area contributed by atoms with Crippen LogP contribution in [0.25, 0.3) is 0 Å². The lowest BCUT2D eigenvalue weighted by Crippen LogP contribution is -2.28. The quantitative estimate of drug-likeness (QED) is 0.276. The Kier molecular flexibility index (Phi) is 8.94. The average molecular weight is 559 g/mol. The van der Waals surface area contributed by atoms with Crippen molar-refractivity contribution in [2.75, 3.05) is 31.2 Å². The van der Waals surface area contributed by atoms with E-state index in [0.717, 1.165) is 35.4 Å². The summed E-state index contributed by atoms with van der Waals surface area (Å²) in [7, 11) is 0. The van der Waals surface area contributed by atoms with Gasteiger partial charge >= 0.3 is 0 Å². The summed E-state index contributed by atoms with van der Waals surface area (Å²) in [6, 6.07) is 16.9. The van der Waals surface area contributed by atoms with Crippen LogP contribution in [0.3, 0.4) is 0 Å². The molecule has 5 heteroatoms. The summed E-state index contributed by atoms with van der Waals surface area (Å²) in [5.41, 5.74) is 9.23. The number of hydrogen-bond acceptors (Lipinski definition) is 3. The maximum absolute atomic E-state index is 9.79. The van der Waals surface area contributed by atoms with E-state index in [2.05, 4.69) is 110 Å². The first kappa shape index (κ1) is 30.0. The zero-order valence-corrected chi connectivity index (χ0v) is 25.3. The van der Waals surface area contributed by atoms with Crippen molar-refractivity contribution in [2.45, 2.75) is 57.8 Å². The summed E-state index contributed by atoms with van der Waals surface area (Å²) < 4.78 is 2.24. The maximum atomic E-state index is 9.79. The molecule has 2 aliphatic heterocycles. The first-order chi connectivity index (χ1) is 18.7. The minimum Gasteiger partial charge on any atom is -0.395 e. The van der Waals surface area contributed by atoms with Crippen LogP contribution in [0.2, 0.25) is 0 Å². The van der Waals surface area contributed by atoms with Gasteiger partial charge in [0, 0.05) is 46.1 Å². The van der Waals surface area contributed by atoms with Crippen molar-refractivity contribution in [3.63, 3.8) is 0 Å². The summed E-state index contributed by atoms with van der Waals surface area (Å²) in [5.74, 6) is 0. The zero-order valence-electron chi connectivity index (χ0n) is 24.5. The number of nitrogens with zero attached hydrogens (tertiary/aromatic N) is 2. The zero-order chi connectivity index (χ0) is 27.8. The Hall–Kier alpha value is -2.92. The lowest BCUT2D eigenvalue weighted by molar-refractivity contribution is -0.441. The smallest absolute Gasteiger partial charge is 0.209 e. The van der Waals surface area contributed by atoms with Crippen LogP contribution in [0.15, 0.2) is 94.7 Å². The van der Waals surface area contributed by atoms with E-state index in [4.69, 9.17) is 11.6 Å². The fourth-order valence-electron chi connectivity index (χ4n) is 6.53. The summed E-state index contributed by atoms with van der Waals surface area (Å²) in [6.45, 7) is 10.3. The number of allylic oxidation sites excluding steroid dienone is 8. The van der Waals surface area contributed by atoms with Gasteiger partial charge in [-0.1, -0.05) is 74.0 Å². The van der Waals surface area contributed by atoms with Gasteiger partial charge in [-0.15, -0.1) is 0 Å². The molecule has 5 rings (SSSR count). The van der Waals surface area contributed by atoms with E-state index >= 15 is 0 Å². The van der Waals surface area contributed by atoms with Gasteiger partial charge in [0.2, 0.25) is 5.69 Å². The Morgan fingerprint density at radius 1 is 0.875 bits per heavy atom. The number of aliphatic hydroxyl groups is 2. The Balaban J connectivity index is 0.00000370. The van der Waals surface area contributed by atoms with E-state index in [9.17, 15) is 10.2 Å². The SMILES string of the molecule is CC1(C)C(/C=C/C2=C(Cl)C(=C/C=C3/N(CCO)c4ccccc4C3(C)C)/CCC2)=[N+](CCO)c2ccccc21.[CH3-]. The molecule has 0 bridgehead atoms. The van der Waals surface area contributed by atoms with Crippen molar-refractivity contribution < 1.29 is 14.8 Å². The van der Waals surface area contributed by atoms with Crippen molar-refractivity contribution in [1.29, 1.82) is 0 Å². The lowest BCUT2D eigenvalue weighted by Gasteiger charge is -2.26. The second-order valence-electron chi connectivity index (χ2n) is 11.7. The molecule has 212 valence electrons. The van der Waals surface area contributed by atoms with Crippen molar-refractivity contribution in [3.8, 4) is 0 Å². The van der Waals surface area contributed by atoms with Gasteiger partial charge in [0.15, 0.2) is 12.3 Å². The van der Waals surface area contributed by atoms with Crippen LogP contribution >= 0.6 is 11.6 Å². The average Bonchev–Trinajstić information content (AvgIpc) is 3.27. The van der Waals surface area contributed by atoms with Gasteiger partial charge in [-0.2, -0.15) is 4.58 Å². The molecule has 4 nitrogen and oxygen atoms in total. The molecule has 0 amide bonds. The van der Waals surface area contributed by atoms with Crippen molar-refractivity contribution in [1.82, 2.24) is 0 Å². The number of halogens is 1. The summed E-state index contributed by atoms with van der Waals surface area (Å²) in [6.07, 6.45) is 11.7. The molecule has 0 saturated carbocycles. The van der Waals surface area contributed by atoms with Gasteiger partial charge in [0.05, 0.1) is 12.0 Å². The highest BCUT2D eigenvalue weighted by Crippen LogP contribution is 2.47. The second-order valence-corrected chi connectivity index (χ2v) is 12.1. The summed E-state index contributed by atoms with van der Waals surface area (Å²) in [4.78, 5) is 2.24. The number of hydrogen-bond donors (Lipinski definition) is 2. The minimum atomic E-state index is -0.160. The van der Waals surface area contributed by atoms with Crippen LogP contribution in [-0.2, 0) is 10.8 Å². The molecule has 2 heterocycles. The van der Waals surface area contributed by atoms with E-state index < -0.39 is 0 Å². The Labute approximate surface area is 245 Å². The highest BCUT2D eigenvalue weighted by Gasteiger charge is 2.44. The van der Waals surface area contributed by atoms with Crippen LogP contribution in [-0.4, -0.2) is 46.8 Å². The molecule has 3 aliphatic rings. The van der Waals surface area contributed by atoms with E-state index in [1.54, 1.807) is 0 Å². The number of benzene rings is 2. The largest absolute Gasteiger partial charge is 0.395 e. The minimum absolute atomic E-state index is 0. The molecule has 40 heavy (non-hydrogen) atoms. The number of rotatable bonds is 7. The topological polar surface area (TPSA) is 46.7 Å². The maximum Gasteiger partial charge on any atom is 0.209 e. The molecule has 1 aliphatic carbocycles. The van der Waals surface area contributed by atoms with Crippen LogP contribution in [0.4, 0.5) is 11.4 Å². The lowest BCUT2D eigenvalue weighted by atomic mass is 9.81. The standard InChI is InChI=1S/C34H40ClN2O2.CH3/c1-33(2)26-12-5-7-14-28(26)36(20-22-38)30(33)18-16-24-10-9-11-25(32(24)35)17-19-31-34(3,4)27-13-6-8-15-29(27)37(31)21-23-39;/h5-8,12-19,38-39H,9-11,20-23H2,1-4H3;1H3/q+1;-1. The fraction of sp³-hybridized carbons (Fsp3) is 0.371. The van der Waals surface area contributed by atoms with E-state index in [1.165, 1.54) is 33.9 Å². The molecular formula is C35H43ClN2O2. The van der Waals surface area contributed by atoms with Crippen LogP contribution < -0.4 is 4.90 Å². The van der Waals surface area contributed by atoms with Crippen molar-refractivity contribution in [2.24, 2.45) is 0 Å². The fourth-order valence-corrected chi connectivity index (χ4v) is 6.85. The summed E-state index contributed by atoms with van der Waals surface area (Å²) >= 11 is 7.05. The number of β-amino-alcohol motifs (C(OH)–C–C–N with tert-alkyl or cyclic N) is 2. The van der Waals surface area contributed by atoms with Crippen molar-refractivity contribution in [3.05, 3.63) is 113 Å². The molecule has 2 aromatic rings. The van der Waals surface area contributed by atoms with Crippen LogP contribution in [0.1, 0.15) is 58.1 Å². The third-order valence-electron chi connectivity index (χ3n) is 8.59. The first-order valence-electron chi connectivity index (χ1n) is 14.0. The van der Waals surface area contributed by atoms with Gasteiger partial charge in [-0.05, 0) is 62.0 Å². The molecule has 0 aromatic heterocycles. The van der Waals surface area contributed by atoms with E-state index in [-0.39, 0.29) is 31.5 Å². The number of anilines is 1. The molecule has 0 saturated heterocycles. The third kappa shape index (κ3) is 5.13. The Morgan fingerprint density at radius 3 is 2.30 bits per heavy atom. The molecule has 0 radical (unpaired) electrons. The number of para-hydroxylation sites is 2. The van der Waals surface area contributed by atoms with Gasteiger partial charge < -0.3 is 22.5 Å². The van der Waals surface area contributed by atoms with Crippen LogP contribution in [0.5, 0.6) is 0 Å². The highest BCUT2D eigenvalue weighted by atomic mass is 35.5. The second kappa shape index (κ2) is 11.9. The molecule has 2 N–H and O–H groups in total.